The summed E-state index contributed by atoms with van der Waals surface area (Å²) in [6.07, 6.45) is 9.53. The number of aromatic nitrogens is 1. The van der Waals surface area contributed by atoms with E-state index in [9.17, 15) is 0 Å². The molecule has 0 aliphatic heterocycles. The molecule has 3 nitrogen and oxygen atoms in total. The van der Waals surface area contributed by atoms with Crippen molar-refractivity contribution in [3.05, 3.63) is 23.5 Å². The lowest BCUT2D eigenvalue weighted by atomic mass is 10.1. The van der Waals surface area contributed by atoms with Gasteiger partial charge in [0.05, 0.1) is 0 Å². The van der Waals surface area contributed by atoms with E-state index in [0.29, 0.717) is 0 Å². The molecule has 0 spiro atoms. The minimum absolute atomic E-state index is 0.261. The van der Waals surface area contributed by atoms with Gasteiger partial charge in [0.25, 0.3) is 0 Å². The molecule has 1 heterocycles. The molecule has 1 atom stereocenters. The molecular formula is C15H27N3. The summed E-state index contributed by atoms with van der Waals surface area (Å²) in [6.45, 7) is 8.94. The number of nitrogens with zero attached hydrogens (tertiary/aromatic N) is 2. The molecule has 0 aromatic carbocycles. The molecule has 1 aliphatic rings. The smallest absolute Gasteiger partial charge is 0.0347 e. The van der Waals surface area contributed by atoms with Crippen LogP contribution in [0.5, 0.6) is 0 Å². The van der Waals surface area contributed by atoms with Crippen LogP contribution in [0.1, 0.15) is 50.3 Å². The van der Waals surface area contributed by atoms with Crippen molar-refractivity contribution in [3.8, 4) is 0 Å². The van der Waals surface area contributed by atoms with Gasteiger partial charge < -0.3 is 15.2 Å². The highest BCUT2D eigenvalue weighted by Gasteiger charge is 2.17. The summed E-state index contributed by atoms with van der Waals surface area (Å²) in [6, 6.07) is 0.261. The van der Waals surface area contributed by atoms with E-state index in [4.69, 9.17) is 5.73 Å². The third kappa shape index (κ3) is 3.15. The predicted molar refractivity (Wildman–Crippen MR) is 76.7 cm³/mol. The molecule has 0 amide bonds. The molecule has 1 aromatic rings. The fourth-order valence-corrected chi connectivity index (χ4v) is 2.88. The molecule has 1 unspecified atom stereocenters. The van der Waals surface area contributed by atoms with Crippen LogP contribution in [0.2, 0.25) is 0 Å². The second-order valence-electron chi connectivity index (χ2n) is 5.36. The fraction of sp³-hybridized carbons (Fsp3) is 0.733. The van der Waals surface area contributed by atoms with Crippen LogP contribution in [-0.2, 0) is 13.0 Å². The summed E-state index contributed by atoms with van der Waals surface area (Å²) < 4.78 is 2.34. The largest absolute Gasteiger partial charge is 0.352 e. The first-order valence-corrected chi connectivity index (χ1v) is 7.41. The van der Waals surface area contributed by atoms with E-state index in [-0.39, 0.29) is 6.04 Å². The highest BCUT2D eigenvalue weighted by atomic mass is 15.1. The molecule has 0 radical (unpaired) electrons. The van der Waals surface area contributed by atoms with Gasteiger partial charge in [-0.2, -0.15) is 0 Å². The number of nitrogens with two attached hydrogens (primary N) is 1. The second kappa shape index (κ2) is 6.39. The zero-order valence-electron chi connectivity index (χ0n) is 11.9. The third-order valence-electron chi connectivity index (χ3n) is 4.18. The number of rotatable bonds is 5. The van der Waals surface area contributed by atoms with E-state index in [1.54, 1.807) is 0 Å². The average Bonchev–Trinajstić information content (AvgIpc) is 2.71. The SMILES string of the molecule is CCN(CC)CCn1cc2c(c1)C(N)CCCC2. The summed E-state index contributed by atoms with van der Waals surface area (Å²) in [4.78, 5) is 2.46. The lowest BCUT2D eigenvalue weighted by Crippen LogP contribution is -2.26. The Morgan fingerprint density at radius 3 is 2.78 bits per heavy atom. The van der Waals surface area contributed by atoms with Crippen molar-refractivity contribution in [3.63, 3.8) is 0 Å². The maximum Gasteiger partial charge on any atom is 0.0347 e. The highest BCUT2D eigenvalue weighted by molar-refractivity contribution is 5.28. The lowest BCUT2D eigenvalue weighted by molar-refractivity contribution is 0.290. The van der Waals surface area contributed by atoms with Crippen molar-refractivity contribution < 1.29 is 0 Å². The van der Waals surface area contributed by atoms with Gasteiger partial charge in [0, 0.05) is 31.5 Å². The Balaban J connectivity index is 2.00. The molecule has 2 N–H and O–H groups in total. The van der Waals surface area contributed by atoms with Crippen molar-refractivity contribution in [1.29, 1.82) is 0 Å². The van der Waals surface area contributed by atoms with Crippen molar-refractivity contribution in [2.45, 2.75) is 52.1 Å². The number of likely N-dealkylation sites (N-methyl/N-ethyl adjacent to an activating group) is 1. The number of hydrogen-bond acceptors (Lipinski definition) is 2. The molecule has 0 saturated heterocycles. The van der Waals surface area contributed by atoms with Gasteiger partial charge in [-0.15, -0.1) is 0 Å². The first-order valence-electron chi connectivity index (χ1n) is 7.41. The number of aryl methyl sites for hydroxylation is 1. The van der Waals surface area contributed by atoms with Gasteiger partial charge in [0.2, 0.25) is 0 Å². The van der Waals surface area contributed by atoms with Crippen molar-refractivity contribution in [2.75, 3.05) is 19.6 Å². The molecule has 3 heteroatoms. The summed E-state index contributed by atoms with van der Waals surface area (Å²) in [7, 11) is 0. The van der Waals surface area contributed by atoms with E-state index in [1.807, 2.05) is 0 Å². The van der Waals surface area contributed by atoms with Gasteiger partial charge in [0.15, 0.2) is 0 Å². The van der Waals surface area contributed by atoms with Crippen LogP contribution >= 0.6 is 0 Å². The Bertz CT molecular complexity index is 366. The van der Waals surface area contributed by atoms with Crippen LogP contribution < -0.4 is 5.73 Å². The average molecular weight is 249 g/mol. The van der Waals surface area contributed by atoms with Gasteiger partial charge in [-0.25, -0.2) is 0 Å². The number of hydrogen-bond donors (Lipinski definition) is 1. The minimum atomic E-state index is 0.261. The van der Waals surface area contributed by atoms with E-state index in [2.05, 4.69) is 35.7 Å². The minimum Gasteiger partial charge on any atom is -0.352 e. The third-order valence-corrected chi connectivity index (χ3v) is 4.18. The van der Waals surface area contributed by atoms with E-state index in [0.717, 1.165) is 32.6 Å². The van der Waals surface area contributed by atoms with Gasteiger partial charge in [0.1, 0.15) is 0 Å². The normalized spacial score (nSPS) is 19.9. The molecular weight excluding hydrogens is 222 g/mol. The summed E-state index contributed by atoms with van der Waals surface area (Å²) in [5, 5.41) is 0. The van der Waals surface area contributed by atoms with Gasteiger partial charge >= 0.3 is 0 Å². The molecule has 102 valence electrons. The van der Waals surface area contributed by atoms with Crippen LogP contribution in [-0.4, -0.2) is 29.1 Å². The molecule has 18 heavy (non-hydrogen) atoms. The first-order chi connectivity index (χ1) is 8.74. The van der Waals surface area contributed by atoms with Crippen molar-refractivity contribution in [2.24, 2.45) is 5.73 Å². The van der Waals surface area contributed by atoms with Gasteiger partial charge in [-0.05, 0) is 43.5 Å². The van der Waals surface area contributed by atoms with Crippen LogP contribution in [0.25, 0.3) is 0 Å². The van der Waals surface area contributed by atoms with Crippen LogP contribution in [0.15, 0.2) is 12.4 Å². The Morgan fingerprint density at radius 1 is 1.28 bits per heavy atom. The lowest BCUT2D eigenvalue weighted by Gasteiger charge is -2.18. The molecule has 0 fully saturated rings. The maximum atomic E-state index is 6.24. The van der Waals surface area contributed by atoms with Crippen LogP contribution in [0.4, 0.5) is 0 Å². The van der Waals surface area contributed by atoms with E-state index in [1.165, 1.54) is 30.4 Å². The molecule has 0 bridgehead atoms. The molecule has 1 aromatic heterocycles. The first kappa shape index (κ1) is 13.6. The zero-order chi connectivity index (χ0) is 13.0. The van der Waals surface area contributed by atoms with Gasteiger partial charge in [-0.3, -0.25) is 0 Å². The van der Waals surface area contributed by atoms with Crippen molar-refractivity contribution >= 4 is 0 Å². The summed E-state index contributed by atoms with van der Waals surface area (Å²) in [5.74, 6) is 0. The second-order valence-corrected chi connectivity index (χ2v) is 5.36. The van der Waals surface area contributed by atoms with Crippen molar-refractivity contribution in [1.82, 2.24) is 9.47 Å². The Morgan fingerprint density at radius 2 is 2.06 bits per heavy atom. The zero-order valence-corrected chi connectivity index (χ0v) is 11.9. The Kier molecular flexibility index (Phi) is 4.84. The molecule has 2 rings (SSSR count). The fourth-order valence-electron chi connectivity index (χ4n) is 2.88. The maximum absolute atomic E-state index is 6.24. The van der Waals surface area contributed by atoms with Gasteiger partial charge in [-0.1, -0.05) is 20.3 Å². The van der Waals surface area contributed by atoms with E-state index < -0.39 is 0 Å². The monoisotopic (exact) mass is 249 g/mol. The standard InChI is InChI=1S/C15H27N3/c1-3-17(4-2)9-10-18-11-13-7-5-6-8-15(16)14(13)12-18/h11-12,15H,3-10,16H2,1-2H3. The molecule has 1 aliphatic carbocycles. The summed E-state index contributed by atoms with van der Waals surface area (Å²) >= 11 is 0. The highest BCUT2D eigenvalue weighted by Crippen LogP contribution is 2.27. The summed E-state index contributed by atoms with van der Waals surface area (Å²) in [5.41, 5.74) is 9.13. The predicted octanol–water partition coefficient (Wildman–Crippen LogP) is 2.56. The Hall–Kier alpha value is -0.800. The Labute approximate surface area is 111 Å². The molecule has 0 saturated carbocycles. The number of fused-ring (bicyclic) bond motifs is 1. The topological polar surface area (TPSA) is 34.2 Å². The van der Waals surface area contributed by atoms with E-state index >= 15 is 0 Å². The van der Waals surface area contributed by atoms with Crippen LogP contribution in [0, 0.1) is 0 Å². The quantitative estimate of drug-likeness (QED) is 0.814. The van der Waals surface area contributed by atoms with Crippen LogP contribution in [0.3, 0.4) is 0 Å².